The van der Waals surface area contributed by atoms with Crippen LogP contribution in [0.5, 0.6) is 11.5 Å². The second kappa shape index (κ2) is 12.9. The summed E-state index contributed by atoms with van der Waals surface area (Å²) < 4.78 is 22.3. The molecule has 1 saturated carbocycles. The minimum Gasteiger partial charge on any atom is -0.489 e. The number of esters is 2. The molecule has 0 amide bonds. The first-order valence-corrected chi connectivity index (χ1v) is 17.5. The molecule has 0 aromatic heterocycles. The van der Waals surface area contributed by atoms with E-state index in [0.717, 1.165) is 22.7 Å². The Balaban J connectivity index is 1.54. The van der Waals surface area contributed by atoms with Crippen molar-refractivity contribution in [1.82, 2.24) is 0 Å². The number of carbonyl (C=O) groups is 3. The van der Waals surface area contributed by atoms with E-state index in [0.29, 0.717) is 24.5 Å². The molecule has 2 aromatic rings. The molecule has 41 heavy (non-hydrogen) atoms. The second-order valence-electron chi connectivity index (χ2n) is 11.8. The lowest BCUT2D eigenvalue weighted by Crippen LogP contribution is -2.52. The summed E-state index contributed by atoms with van der Waals surface area (Å²) in [5.74, 6) is -3.69. The summed E-state index contributed by atoms with van der Waals surface area (Å²) in [5, 5.41) is 19.9. The van der Waals surface area contributed by atoms with Gasteiger partial charge in [0.05, 0.1) is 24.5 Å². The van der Waals surface area contributed by atoms with E-state index in [4.69, 9.17) is 24.1 Å². The number of hydrogen-bond acceptors (Lipinski definition) is 8. The maximum atomic E-state index is 13.4. The molecule has 2 N–H and O–H groups in total. The van der Waals surface area contributed by atoms with Crippen LogP contribution in [0.2, 0.25) is 25.7 Å². The van der Waals surface area contributed by atoms with Gasteiger partial charge in [0.2, 0.25) is 0 Å². The molecular weight excluding hydrogens is 544 g/mol. The van der Waals surface area contributed by atoms with Gasteiger partial charge in [-0.3, -0.25) is 9.59 Å². The summed E-state index contributed by atoms with van der Waals surface area (Å²) in [6.45, 7) is 10.4. The highest BCUT2D eigenvalue weighted by molar-refractivity contribution is 6.76. The summed E-state index contributed by atoms with van der Waals surface area (Å²) >= 11 is 0. The molecule has 3 aliphatic carbocycles. The number of ether oxygens (including phenoxy) is 4. The lowest BCUT2D eigenvalue weighted by Gasteiger charge is -2.49. The first-order chi connectivity index (χ1) is 19.5. The van der Waals surface area contributed by atoms with Gasteiger partial charge in [0, 0.05) is 19.9 Å². The third kappa shape index (κ3) is 7.37. The van der Waals surface area contributed by atoms with Gasteiger partial charge in [0.25, 0.3) is 0 Å². The van der Waals surface area contributed by atoms with Crippen LogP contribution in [0, 0.1) is 11.8 Å². The Kier molecular flexibility index (Phi) is 9.55. The summed E-state index contributed by atoms with van der Waals surface area (Å²) in [4.78, 5) is 37.4. The average Bonchev–Trinajstić information content (AvgIpc) is 2.93. The number of fused-ring (bicyclic) bond motifs is 2. The molecule has 0 spiro atoms. The zero-order valence-corrected chi connectivity index (χ0v) is 24.7. The Morgan fingerprint density at radius 2 is 1.63 bits per heavy atom. The zero-order chi connectivity index (χ0) is 29.7. The third-order valence-corrected chi connectivity index (χ3v) is 9.31. The molecule has 5 rings (SSSR count). The van der Waals surface area contributed by atoms with E-state index in [2.05, 4.69) is 26.2 Å². The Morgan fingerprint density at radius 3 is 2.29 bits per heavy atom. The molecule has 10 heteroatoms. The lowest BCUT2D eigenvalue weighted by atomic mass is 9.55. The van der Waals surface area contributed by atoms with Crippen molar-refractivity contribution >= 4 is 26.0 Å². The van der Waals surface area contributed by atoms with Crippen LogP contribution in [-0.2, 0) is 30.5 Å². The zero-order valence-electron chi connectivity index (χ0n) is 23.7. The van der Waals surface area contributed by atoms with Gasteiger partial charge >= 0.3 is 17.9 Å². The summed E-state index contributed by atoms with van der Waals surface area (Å²) in [7, 11) is -1.43. The highest BCUT2D eigenvalue weighted by Crippen LogP contribution is 2.57. The molecule has 9 nitrogen and oxygen atoms in total. The van der Waals surface area contributed by atoms with E-state index in [1.807, 2.05) is 18.2 Å². The number of carboxylic acids is 1. The van der Waals surface area contributed by atoms with Crippen LogP contribution in [0.25, 0.3) is 0 Å². The van der Waals surface area contributed by atoms with Crippen molar-refractivity contribution < 1.29 is 43.5 Å². The molecule has 2 bridgehead atoms. The summed E-state index contributed by atoms with van der Waals surface area (Å²) in [6.07, 6.45) is 1.00. The molecule has 0 heterocycles. The number of carbonyl (C=O) groups excluding carboxylic acids is 2. The predicted molar refractivity (Wildman–Crippen MR) is 154 cm³/mol. The number of carboxylic acid groups (broad SMARTS) is 1. The Hall–Kier alpha value is -3.63. The largest absolute Gasteiger partial charge is 0.489 e. The molecule has 3 aliphatic rings. The lowest BCUT2D eigenvalue weighted by molar-refractivity contribution is -0.168. The number of hydrogen-bond donors (Lipinski definition) is 2. The molecule has 0 radical (unpaired) electrons. The number of benzene rings is 2. The van der Waals surface area contributed by atoms with E-state index in [1.165, 1.54) is 6.08 Å². The fourth-order valence-corrected chi connectivity index (χ4v) is 6.36. The van der Waals surface area contributed by atoms with Crippen LogP contribution in [0.4, 0.5) is 0 Å². The van der Waals surface area contributed by atoms with Gasteiger partial charge in [-0.25, -0.2) is 4.79 Å². The second-order valence-corrected chi connectivity index (χ2v) is 17.4. The molecule has 0 saturated heterocycles. The highest BCUT2D eigenvalue weighted by Gasteiger charge is 2.57. The molecule has 2 aromatic carbocycles. The fraction of sp³-hybridized carbons (Fsp3) is 0.452. The van der Waals surface area contributed by atoms with Gasteiger partial charge in [-0.05, 0) is 53.4 Å². The van der Waals surface area contributed by atoms with Gasteiger partial charge < -0.3 is 29.2 Å². The Morgan fingerprint density at radius 1 is 0.951 bits per heavy atom. The fourth-order valence-electron chi connectivity index (χ4n) is 5.65. The summed E-state index contributed by atoms with van der Waals surface area (Å²) in [6, 6.07) is 13.3. The van der Waals surface area contributed by atoms with Crippen molar-refractivity contribution in [3.05, 3.63) is 71.8 Å². The van der Waals surface area contributed by atoms with Crippen LogP contribution in [0.3, 0.4) is 0 Å². The molecule has 5 atom stereocenters. The molecule has 220 valence electrons. The van der Waals surface area contributed by atoms with Gasteiger partial charge in [-0.15, -0.1) is 0 Å². The van der Waals surface area contributed by atoms with Gasteiger partial charge in [0.15, 0.2) is 6.61 Å². The van der Waals surface area contributed by atoms with Crippen molar-refractivity contribution in [3.8, 4) is 11.5 Å². The SMILES string of the molecule is C=CCOC(=O)[C@@H]1C2c3cc(OCc4ccc(OCC(=O)O)cc4)ccc3C(CC2O)[C@H]1C(=O)OCC[Si](C)(C)C. The Bertz CT molecular complexity index is 1270. The predicted octanol–water partition coefficient (Wildman–Crippen LogP) is 4.52. The molecule has 3 unspecified atom stereocenters. The van der Waals surface area contributed by atoms with Gasteiger partial charge in [-0.2, -0.15) is 0 Å². The highest BCUT2D eigenvalue weighted by atomic mass is 28.3. The summed E-state index contributed by atoms with van der Waals surface area (Å²) in [5.41, 5.74) is 2.53. The van der Waals surface area contributed by atoms with E-state index >= 15 is 0 Å². The first kappa shape index (κ1) is 30.3. The monoisotopic (exact) mass is 582 g/mol. The maximum absolute atomic E-state index is 13.4. The number of aliphatic hydroxyl groups excluding tert-OH is 1. The van der Waals surface area contributed by atoms with Crippen LogP contribution < -0.4 is 9.47 Å². The third-order valence-electron chi connectivity index (χ3n) is 7.61. The minimum atomic E-state index is -1.43. The molecular formula is C31H38O9Si. The van der Waals surface area contributed by atoms with E-state index in [1.54, 1.807) is 24.3 Å². The number of rotatable bonds is 13. The van der Waals surface area contributed by atoms with Gasteiger partial charge in [-0.1, -0.05) is 50.5 Å². The molecule has 0 aliphatic heterocycles. The van der Waals surface area contributed by atoms with E-state index in [9.17, 15) is 19.5 Å². The van der Waals surface area contributed by atoms with Crippen molar-refractivity contribution in [3.63, 3.8) is 0 Å². The van der Waals surface area contributed by atoms with E-state index < -0.39 is 62.4 Å². The average molecular weight is 583 g/mol. The quantitative estimate of drug-likeness (QED) is 0.199. The van der Waals surface area contributed by atoms with Crippen molar-refractivity contribution in [2.75, 3.05) is 19.8 Å². The molecule has 1 fully saturated rings. The maximum Gasteiger partial charge on any atom is 0.341 e. The first-order valence-electron chi connectivity index (χ1n) is 13.8. The topological polar surface area (TPSA) is 129 Å². The normalized spacial score (nSPS) is 22.8. The van der Waals surface area contributed by atoms with Crippen molar-refractivity contribution in [2.45, 2.75) is 56.7 Å². The minimum absolute atomic E-state index is 0.0103. The van der Waals surface area contributed by atoms with Crippen molar-refractivity contribution in [1.29, 1.82) is 0 Å². The number of aliphatic carboxylic acids is 1. The smallest absolute Gasteiger partial charge is 0.341 e. The van der Waals surface area contributed by atoms with Crippen molar-refractivity contribution in [2.24, 2.45) is 11.8 Å². The van der Waals surface area contributed by atoms with Gasteiger partial charge in [0.1, 0.15) is 24.7 Å². The Labute approximate surface area is 241 Å². The van der Waals surface area contributed by atoms with Crippen LogP contribution >= 0.6 is 0 Å². The van der Waals surface area contributed by atoms with E-state index in [-0.39, 0.29) is 13.2 Å². The van der Waals surface area contributed by atoms with Crippen LogP contribution in [-0.4, -0.2) is 62.1 Å². The number of aliphatic hydroxyl groups is 1. The standard InChI is InChI=1S/C31H38O9Si/c1-5-12-37-31(36)29-27-23-15-21(39-17-19-6-8-20(9-7-19)40-18-26(33)34)10-11-22(23)24(16-25(27)32)28(29)30(35)38-13-14-41(2,3)4/h5-11,15,24-25,27-29,32H,1,12-14,16-18H2,2-4H3,(H,33,34)/t24?,25?,27?,28-,29-/m1/s1. The van der Waals surface area contributed by atoms with Crippen LogP contribution in [0.15, 0.2) is 55.1 Å². The van der Waals surface area contributed by atoms with Crippen LogP contribution in [0.1, 0.15) is 34.9 Å².